The molecular formula is C10H19NO3. The number of esters is 1. The lowest BCUT2D eigenvalue weighted by Gasteiger charge is -2.24. The van der Waals surface area contributed by atoms with Crippen LogP contribution in [0, 0.1) is 5.92 Å². The van der Waals surface area contributed by atoms with Crippen molar-refractivity contribution in [3.05, 3.63) is 0 Å². The predicted octanol–water partition coefficient (Wildman–Crippen LogP) is 0.692. The lowest BCUT2D eigenvalue weighted by molar-refractivity contribution is -0.157. The molecule has 0 radical (unpaired) electrons. The minimum Gasteiger partial charge on any atom is -0.459 e. The van der Waals surface area contributed by atoms with Crippen molar-refractivity contribution in [2.24, 2.45) is 11.7 Å². The number of carbonyl (C=O) groups excluding carboxylic acids is 1. The maximum atomic E-state index is 11.5. The van der Waals surface area contributed by atoms with Crippen LogP contribution in [-0.2, 0) is 14.3 Å². The third-order valence-electron chi connectivity index (χ3n) is 2.15. The first-order valence-electron chi connectivity index (χ1n) is 4.96. The van der Waals surface area contributed by atoms with Crippen molar-refractivity contribution in [3.8, 4) is 0 Å². The summed E-state index contributed by atoms with van der Waals surface area (Å²) in [4.78, 5) is 11.5. The highest BCUT2D eigenvalue weighted by molar-refractivity contribution is 5.76. The Morgan fingerprint density at radius 1 is 1.57 bits per heavy atom. The van der Waals surface area contributed by atoms with Gasteiger partial charge in [0.2, 0.25) is 0 Å². The van der Waals surface area contributed by atoms with Crippen molar-refractivity contribution in [1.82, 2.24) is 0 Å². The molecule has 2 atom stereocenters. The zero-order valence-corrected chi connectivity index (χ0v) is 9.08. The molecule has 0 spiro atoms. The molecule has 0 aromatic rings. The van der Waals surface area contributed by atoms with Gasteiger partial charge in [-0.05, 0) is 27.2 Å². The molecule has 2 N–H and O–H groups in total. The van der Waals surface area contributed by atoms with Gasteiger partial charge in [-0.15, -0.1) is 0 Å². The van der Waals surface area contributed by atoms with Gasteiger partial charge in [0, 0.05) is 12.5 Å². The van der Waals surface area contributed by atoms with Gasteiger partial charge in [0.05, 0.1) is 6.61 Å². The second-order valence-electron chi connectivity index (χ2n) is 4.68. The summed E-state index contributed by atoms with van der Waals surface area (Å²) < 4.78 is 10.4. The second kappa shape index (κ2) is 4.28. The first-order chi connectivity index (χ1) is 6.40. The van der Waals surface area contributed by atoms with Gasteiger partial charge >= 0.3 is 5.97 Å². The summed E-state index contributed by atoms with van der Waals surface area (Å²) in [7, 11) is 0. The Morgan fingerprint density at radius 2 is 2.21 bits per heavy atom. The smallest absolute Gasteiger partial charge is 0.323 e. The van der Waals surface area contributed by atoms with Crippen LogP contribution in [0.4, 0.5) is 0 Å². The van der Waals surface area contributed by atoms with E-state index in [0.717, 1.165) is 6.42 Å². The Hall–Kier alpha value is -0.610. The van der Waals surface area contributed by atoms with E-state index in [1.165, 1.54) is 0 Å². The molecule has 1 rings (SSSR count). The van der Waals surface area contributed by atoms with Crippen molar-refractivity contribution in [1.29, 1.82) is 0 Å². The Balaban J connectivity index is 2.43. The molecular weight excluding hydrogens is 182 g/mol. The van der Waals surface area contributed by atoms with E-state index >= 15 is 0 Å². The van der Waals surface area contributed by atoms with Crippen LogP contribution in [0.5, 0.6) is 0 Å². The summed E-state index contributed by atoms with van der Waals surface area (Å²) in [5.74, 6) is -0.210. The number of hydrogen-bond acceptors (Lipinski definition) is 4. The van der Waals surface area contributed by atoms with Crippen LogP contribution in [0.15, 0.2) is 0 Å². The van der Waals surface area contributed by atoms with Gasteiger partial charge in [0.25, 0.3) is 0 Å². The summed E-state index contributed by atoms with van der Waals surface area (Å²) in [5.41, 5.74) is 5.31. The highest BCUT2D eigenvalue weighted by Crippen LogP contribution is 2.18. The fourth-order valence-corrected chi connectivity index (χ4v) is 1.40. The Bertz CT molecular complexity index is 204. The van der Waals surface area contributed by atoms with E-state index in [1.807, 2.05) is 20.8 Å². The van der Waals surface area contributed by atoms with Crippen molar-refractivity contribution in [3.63, 3.8) is 0 Å². The Labute approximate surface area is 84.7 Å². The van der Waals surface area contributed by atoms with Gasteiger partial charge in [0.1, 0.15) is 11.6 Å². The predicted molar refractivity (Wildman–Crippen MR) is 52.7 cm³/mol. The highest BCUT2D eigenvalue weighted by Gasteiger charge is 2.31. The summed E-state index contributed by atoms with van der Waals surface area (Å²) in [5, 5.41) is 0. The van der Waals surface area contributed by atoms with Crippen LogP contribution >= 0.6 is 0 Å². The van der Waals surface area contributed by atoms with E-state index in [1.54, 1.807) is 0 Å². The van der Waals surface area contributed by atoms with Crippen LogP contribution in [0.2, 0.25) is 0 Å². The molecule has 0 aromatic heterocycles. The zero-order chi connectivity index (χ0) is 10.8. The van der Waals surface area contributed by atoms with Crippen LogP contribution < -0.4 is 5.73 Å². The van der Waals surface area contributed by atoms with E-state index in [-0.39, 0.29) is 11.9 Å². The molecule has 1 saturated heterocycles. The van der Waals surface area contributed by atoms with Crippen LogP contribution in [-0.4, -0.2) is 30.8 Å². The lowest BCUT2D eigenvalue weighted by atomic mass is 10.00. The third-order valence-corrected chi connectivity index (χ3v) is 2.15. The first-order valence-corrected chi connectivity index (χ1v) is 4.96. The van der Waals surface area contributed by atoms with Crippen molar-refractivity contribution < 1.29 is 14.3 Å². The van der Waals surface area contributed by atoms with Gasteiger partial charge in [-0.2, -0.15) is 0 Å². The van der Waals surface area contributed by atoms with E-state index < -0.39 is 11.6 Å². The molecule has 0 aromatic carbocycles. The molecule has 1 aliphatic rings. The molecule has 14 heavy (non-hydrogen) atoms. The third kappa shape index (κ3) is 3.27. The zero-order valence-electron chi connectivity index (χ0n) is 9.08. The molecule has 1 unspecified atom stereocenters. The quantitative estimate of drug-likeness (QED) is 0.668. The Morgan fingerprint density at radius 3 is 2.64 bits per heavy atom. The largest absolute Gasteiger partial charge is 0.459 e. The van der Waals surface area contributed by atoms with Gasteiger partial charge < -0.3 is 15.2 Å². The average molecular weight is 201 g/mol. The highest BCUT2D eigenvalue weighted by atomic mass is 16.6. The fourth-order valence-electron chi connectivity index (χ4n) is 1.40. The molecule has 0 bridgehead atoms. The van der Waals surface area contributed by atoms with Crippen LogP contribution in [0.1, 0.15) is 27.2 Å². The Kier molecular flexibility index (Phi) is 3.50. The van der Waals surface area contributed by atoms with Crippen molar-refractivity contribution in [2.75, 3.05) is 13.2 Å². The molecule has 1 aliphatic heterocycles. The molecule has 0 amide bonds. The average Bonchev–Trinajstić information content (AvgIpc) is 2.51. The number of nitrogens with two attached hydrogens (primary N) is 1. The summed E-state index contributed by atoms with van der Waals surface area (Å²) in [6.07, 6.45) is 0.848. The van der Waals surface area contributed by atoms with Gasteiger partial charge in [-0.1, -0.05) is 0 Å². The molecule has 0 aliphatic carbocycles. The second-order valence-corrected chi connectivity index (χ2v) is 4.68. The fraction of sp³-hybridized carbons (Fsp3) is 0.900. The number of carbonyl (C=O) groups is 1. The maximum absolute atomic E-state index is 11.5. The van der Waals surface area contributed by atoms with E-state index in [0.29, 0.717) is 13.2 Å². The lowest BCUT2D eigenvalue weighted by Crippen LogP contribution is -2.42. The molecule has 1 fully saturated rings. The topological polar surface area (TPSA) is 61.5 Å². The minimum atomic E-state index is -0.545. The monoisotopic (exact) mass is 201 g/mol. The van der Waals surface area contributed by atoms with E-state index in [9.17, 15) is 4.79 Å². The van der Waals surface area contributed by atoms with Crippen LogP contribution in [0.3, 0.4) is 0 Å². The molecule has 4 nitrogen and oxygen atoms in total. The SMILES string of the molecule is CC(C)(C)OC(=O)[C@H](N)C1CCOC1. The van der Waals surface area contributed by atoms with E-state index in [2.05, 4.69) is 0 Å². The number of hydrogen-bond donors (Lipinski definition) is 1. The van der Waals surface area contributed by atoms with E-state index in [4.69, 9.17) is 15.2 Å². The van der Waals surface area contributed by atoms with Crippen molar-refractivity contribution in [2.45, 2.75) is 38.8 Å². The minimum absolute atomic E-state index is 0.116. The molecule has 1 heterocycles. The van der Waals surface area contributed by atoms with Crippen LogP contribution in [0.25, 0.3) is 0 Å². The number of ether oxygens (including phenoxy) is 2. The number of rotatable bonds is 2. The van der Waals surface area contributed by atoms with Gasteiger partial charge in [0.15, 0.2) is 0 Å². The normalized spacial score (nSPS) is 24.7. The molecule has 4 heteroatoms. The summed E-state index contributed by atoms with van der Waals surface area (Å²) >= 11 is 0. The molecule has 82 valence electrons. The standard InChI is InChI=1S/C10H19NO3/c1-10(2,3)14-9(12)8(11)7-4-5-13-6-7/h7-8H,4-6,11H2,1-3H3/t7?,8-/m1/s1. The first kappa shape index (κ1) is 11.5. The van der Waals surface area contributed by atoms with Gasteiger partial charge in [-0.25, -0.2) is 0 Å². The van der Waals surface area contributed by atoms with Gasteiger partial charge in [-0.3, -0.25) is 4.79 Å². The summed E-state index contributed by atoms with van der Waals surface area (Å²) in [6.45, 7) is 6.77. The summed E-state index contributed by atoms with van der Waals surface area (Å²) in [6, 6.07) is -0.545. The maximum Gasteiger partial charge on any atom is 0.323 e. The van der Waals surface area contributed by atoms with Crippen molar-refractivity contribution >= 4 is 5.97 Å². The molecule has 0 saturated carbocycles.